The lowest BCUT2D eigenvalue weighted by Crippen LogP contribution is -2.28. The zero-order valence-corrected chi connectivity index (χ0v) is 21.7. The van der Waals surface area contributed by atoms with E-state index < -0.39 is 0 Å². The Balaban J connectivity index is 1.80. The normalized spacial score (nSPS) is 20.6. The Morgan fingerprint density at radius 3 is 2.30 bits per heavy atom. The molecule has 0 aliphatic heterocycles. The lowest BCUT2D eigenvalue weighted by Gasteiger charge is -2.34. The topological polar surface area (TPSA) is 12.4 Å². The van der Waals surface area contributed by atoms with Crippen LogP contribution in [0.3, 0.4) is 0 Å². The van der Waals surface area contributed by atoms with E-state index in [2.05, 4.69) is 89.2 Å². The van der Waals surface area contributed by atoms with Gasteiger partial charge in [0.05, 0.1) is 5.70 Å². The minimum Gasteiger partial charge on any atom is -0.258 e. The van der Waals surface area contributed by atoms with Crippen molar-refractivity contribution in [2.45, 2.75) is 92.4 Å². The van der Waals surface area contributed by atoms with E-state index in [9.17, 15) is 0 Å². The summed E-state index contributed by atoms with van der Waals surface area (Å²) in [6.07, 6.45) is 14.4. The van der Waals surface area contributed by atoms with Crippen LogP contribution < -0.4 is 0 Å². The Morgan fingerprint density at radius 1 is 0.970 bits per heavy atom. The standard InChI is InChI=1S/C32H45N/c1-6-8-9-13-27-19-21-29(22-20-27)31(23-28-17-15-24(3)16-18-28)26(5)33-32(7-2)30-14-11-10-12-25(30)4/h7,10-12,14-18,27,29,31H,6,8-9,13,19-23H2,1-5H3/b32-7-,33-26?. The molecule has 3 rings (SSSR count). The predicted molar refractivity (Wildman–Crippen MR) is 146 cm³/mol. The number of unbranched alkanes of at least 4 members (excludes halogenated alkanes) is 2. The zero-order valence-electron chi connectivity index (χ0n) is 21.7. The van der Waals surface area contributed by atoms with Gasteiger partial charge in [-0.2, -0.15) is 0 Å². The minimum atomic E-state index is 0.517. The van der Waals surface area contributed by atoms with Gasteiger partial charge in [0.25, 0.3) is 0 Å². The fraction of sp³-hybridized carbons (Fsp3) is 0.531. The van der Waals surface area contributed by atoms with E-state index in [4.69, 9.17) is 4.99 Å². The summed E-state index contributed by atoms with van der Waals surface area (Å²) < 4.78 is 0. The summed E-state index contributed by atoms with van der Waals surface area (Å²) >= 11 is 0. The molecule has 0 N–H and O–H groups in total. The van der Waals surface area contributed by atoms with Gasteiger partial charge in [0.15, 0.2) is 0 Å². The van der Waals surface area contributed by atoms with Gasteiger partial charge < -0.3 is 0 Å². The molecule has 33 heavy (non-hydrogen) atoms. The summed E-state index contributed by atoms with van der Waals surface area (Å²) in [6.45, 7) is 11.1. The van der Waals surface area contributed by atoms with Crippen LogP contribution in [0.1, 0.15) is 94.4 Å². The molecule has 1 heteroatoms. The van der Waals surface area contributed by atoms with Gasteiger partial charge in [-0.25, -0.2) is 0 Å². The minimum absolute atomic E-state index is 0.517. The molecule has 0 bridgehead atoms. The summed E-state index contributed by atoms with van der Waals surface area (Å²) in [5.74, 6) is 2.21. The number of benzene rings is 2. The molecule has 0 saturated heterocycles. The van der Waals surface area contributed by atoms with Crippen molar-refractivity contribution in [3.63, 3.8) is 0 Å². The van der Waals surface area contributed by atoms with Crippen LogP contribution in [0.25, 0.3) is 5.70 Å². The average molecular weight is 444 g/mol. The first kappa shape index (κ1) is 25.5. The van der Waals surface area contributed by atoms with Crippen LogP contribution in [0.4, 0.5) is 0 Å². The Morgan fingerprint density at radius 2 is 1.67 bits per heavy atom. The van der Waals surface area contributed by atoms with E-state index in [1.165, 1.54) is 79.3 Å². The second-order valence-electron chi connectivity index (χ2n) is 10.3. The van der Waals surface area contributed by atoms with Gasteiger partial charge in [-0.3, -0.25) is 4.99 Å². The van der Waals surface area contributed by atoms with Gasteiger partial charge in [-0.1, -0.05) is 106 Å². The molecule has 0 radical (unpaired) electrons. The highest BCUT2D eigenvalue weighted by Gasteiger charge is 2.29. The zero-order chi connectivity index (χ0) is 23.6. The van der Waals surface area contributed by atoms with Crippen LogP contribution >= 0.6 is 0 Å². The van der Waals surface area contributed by atoms with Crippen molar-refractivity contribution in [3.05, 3.63) is 76.9 Å². The molecule has 2 aromatic rings. The number of nitrogens with zero attached hydrogens (tertiary/aromatic N) is 1. The number of aliphatic imine (C=N–C) groups is 1. The van der Waals surface area contributed by atoms with Crippen molar-refractivity contribution in [2.75, 3.05) is 0 Å². The van der Waals surface area contributed by atoms with Gasteiger partial charge in [-0.05, 0) is 69.9 Å². The molecule has 1 fully saturated rings. The van der Waals surface area contributed by atoms with E-state index >= 15 is 0 Å². The third-order valence-corrected chi connectivity index (χ3v) is 7.78. The molecule has 0 spiro atoms. The van der Waals surface area contributed by atoms with Crippen molar-refractivity contribution in [1.82, 2.24) is 0 Å². The van der Waals surface area contributed by atoms with Crippen molar-refractivity contribution in [3.8, 4) is 0 Å². The number of allylic oxidation sites excluding steroid dienone is 1. The molecule has 0 heterocycles. The molecule has 1 aliphatic rings. The lowest BCUT2D eigenvalue weighted by atomic mass is 9.71. The molecular weight excluding hydrogens is 398 g/mol. The van der Waals surface area contributed by atoms with Crippen LogP contribution in [-0.2, 0) is 6.42 Å². The molecule has 1 atom stereocenters. The highest BCUT2D eigenvalue weighted by atomic mass is 14.8. The predicted octanol–water partition coefficient (Wildman–Crippen LogP) is 9.37. The molecule has 1 unspecified atom stereocenters. The van der Waals surface area contributed by atoms with Crippen LogP contribution in [0.5, 0.6) is 0 Å². The second-order valence-corrected chi connectivity index (χ2v) is 10.3. The van der Waals surface area contributed by atoms with E-state index in [1.807, 2.05) is 0 Å². The molecular formula is C32H45N. The SMILES string of the molecule is C/C=C(\N=C(C)C(Cc1ccc(C)cc1)C1CCC(CCCCC)CC1)c1ccccc1C. The molecule has 0 aromatic heterocycles. The lowest BCUT2D eigenvalue weighted by molar-refractivity contribution is 0.225. The fourth-order valence-electron chi connectivity index (χ4n) is 5.61. The monoisotopic (exact) mass is 443 g/mol. The molecule has 1 saturated carbocycles. The van der Waals surface area contributed by atoms with Crippen LogP contribution in [0.2, 0.25) is 0 Å². The molecule has 178 valence electrons. The van der Waals surface area contributed by atoms with Gasteiger partial charge in [0.2, 0.25) is 0 Å². The van der Waals surface area contributed by atoms with Crippen molar-refractivity contribution >= 4 is 11.4 Å². The summed E-state index contributed by atoms with van der Waals surface area (Å²) in [4.78, 5) is 5.27. The smallest absolute Gasteiger partial charge is 0.0661 e. The average Bonchev–Trinajstić information content (AvgIpc) is 2.83. The molecule has 0 amide bonds. The third-order valence-electron chi connectivity index (χ3n) is 7.78. The molecule has 1 nitrogen and oxygen atoms in total. The maximum absolute atomic E-state index is 5.27. The van der Waals surface area contributed by atoms with Crippen molar-refractivity contribution in [1.29, 1.82) is 0 Å². The van der Waals surface area contributed by atoms with Crippen LogP contribution in [0.15, 0.2) is 59.6 Å². The van der Waals surface area contributed by atoms with Crippen molar-refractivity contribution in [2.24, 2.45) is 22.7 Å². The Kier molecular flexibility index (Phi) is 9.97. The summed E-state index contributed by atoms with van der Waals surface area (Å²) in [5.41, 5.74) is 7.76. The molecule has 1 aliphatic carbocycles. The fourth-order valence-corrected chi connectivity index (χ4v) is 5.61. The van der Waals surface area contributed by atoms with Gasteiger partial charge in [0.1, 0.15) is 0 Å². The van der Waals surface area contributed by atoms with Crippen molar-refractivity contribution < 1.29 is 0 Å². The maximum Gasteiger partial charge on any atom is 0.0661 e. The third kappa shape index (κ3) is 7.42. The largest absolute Gasteiger partial charge is 0.258 e. The number of hydrogen-bond donors (Lipinski definition) is 0. The molecule has 2 aromatic carbocycles. The van der Waals surface area contributed by atoms with Gasteiger partial charge in [0, 0.05) is 17.2 Å². The Hall–Kier alpha value is -2.15. The van der Waals surface area contributed by atoms with Crippen LogP contribution in [0, 0.1) is 31.6 Å². The Bertz CT molecular complexity index is 910. The Labute approximate surface area is 203 Å². The quantitative estimate of drug-likeness (QED) is 0.256. The van der Waals surface area contributed by atoms with Gasteiger partial charge >= 0.3 is 0 Å². The van der Waals surface area contributed by atoms with E-state index in [-0.39, 0.29) is 0 Å². The summed E-state index contributed by atoms with van der Waals surface area (Å²) in [6, 6.07) is 17.8. The van der Waals surface area contributed by atoms with E-state index in [0.29, 0.717) is 5.92 Å². The first-order valence-corrected chi connectivity index (χ1v) is 13.3. The van der Waals surface area contributed by atoms with E-state index in [1.54, 1.807) is 0 Å². The maximum atomic E-state index is 5.27. The highest BCUT2D eigenvalue weighted by Crippen LogP contribution is 2.38. The highest BCUT2D eigenvalue weighted by molar-refractivity contribution is 5.90. The number of aryl methyl sites for hydroxylation is 2. The number of hydrogen-bond acceptors (Lipinski definition) is 1. The first-order valence-electron chi connectivity index (χ1n) is 13.3. The summed E-state index contributed by atoms with van der Waals surface area (Å²) in [7, 11) is 0. The van der Waals surface area contributed by atoms with Gasteiger partial charge in [-0.15, -0.1) is 0 Å². The first-order chi connectivity index (χ1) is 16.0. The number of rotatable bonds is 10. The van der Waals surface area contributed by atoms with E-state index in [0.717, 1.165) is 24.0 Å². The van der Waals surface area contributed by atoms with Crippen LogP contribution in [-0.4, -0.2) is 5.71 Å². The second kappa shape index (κ2) is 12.9. The summed E-state index contributed by atoms with van der Waals surface area (Å²) in [5, 5.41) is 0.